The molecule has 2 aromatic rings. The molecule has 2 nitrogen and oxygen atoms in total. The number of alkyl halides is 1. The molecule has 2 rings (SSSR count). The Morgan fingerprint density at radius 2 is 2.00 bits per heavy atom. The fourth-order valence-electron chi connectivity index (χ4n) is 1.53. The van der Waals surface area contributed by atoms with E-state index < -0.39 is 0 Å². The van der Waals surface area contributed by atoms with Gasteiger partial charge < -0.3 is 4.52 Å². The van der Waals surface area contributed by atoms with E-state index in [-0.39, 0.29) is 0 Å². The van der Waals surface area contributed by atoms with Crippen LogP contribution in [0.1, 0.15) is 18.1 Å². The highest BCUT2D eigenvalue weighted by Crippen LogP contribution is 2.30. The number of rotatable bonds is 3. The fraction of sp³-hybridized carbons (Fsp3) is 0.250. The van der Waals surface area contributed by atoms with Gasteiger partial charge in [-0.2, -0.15) is 0 Å². The zero-order valence-corrected chi connectivity index (χ0v) is 11.2. The number of nitrogens with zero attached hydrogens (tertiary/aromatic N) is 1. The van der Waals surface area contributed by atoms with E-state index >= 15 is 0 Å². The second kappa shape index (κ2) is 5.02. The highest BCUT2D eigenvalue weighted by molar-refractivity contribution is 9.10. The largest absolute Gasteiger partial charge is 0.348 e. The molecular weight excluding hydrogens is 289 g/mol. The lowest BCUT2D eigenvalue weighted by molar-refractivity contribution is 0.401. The monoisotopic (exact) mass is 299 g/mol. The maximum atomic E-state index is 5.86. The Morgan fingerprint density at radius 1 is 1.31 bits per heavy atom. The first-order chi connectivity index (χ1) is 7.76. The molecule has 84 valence electrons. The maximum Gasteiger partial charge on any atom is 0.206 e. The van der Waals surface area contributed by atoms with Gasteiger partial charge in [0.15, 0.2) is 0 Å². The Hall–Kier alpha value is -0.800. The van der Waals surface area contributed by atoms with Crippen LogP contribution in [0.3, 0.4) is 0 Å². The molecule has 0 N–H and O–H groups in total. The molecule has 0 aliphatic heterocycles. The number of halogens is 2. The quantitative estimate of drug-likeness (QED) is 0.785. The van der Waals surface area contributed by atoms with E-state index in [1.165, 1.54) is 5.56 Å². The molecule has 1 heterocycles. The second-order valence-corrected chi connectivity index (χ2v) is 4.46. The third-order valence-corrected chi connectivity index (χ3v) is 3.40. The summed E-state index contributed by atoms with van der Waals surface area (Å²) in [5.74, 6) is 0.384. The summed E-state index contributed by atoms with van der Waals surface area (Å²) in [6.07, 6.45) is 1.03. The highest BCUT2D eigenvalue weighted by atomic mass is 79.9. The van der Waals surface area contributed by atoms with Crippen LogP contribution >= 0.6 is 27.5 Å². The van der Waals surface area contributed by atoms with Gasteiger partial charge in [0.2, 0.25) is 4.67 Å². The smallest absolute Gasteiger partial charge is 0.206 e. The van der Waals surface area contributed by atoms with Crippen LogP contribution in [0.5, 0.6) is 0 Å². The second-order valence-electron chi connectivity index (χ2n) is 3.47. The Labute approximate surface area is 108 Å². The van der Waals surface area contributed by atoms with Crippen molar-refractivity contribution in [2.24, 2.45) is 0 Å². The van der Waals surface area contributed by atoms with Gasteiger partial charge in [0, 0.05) is 11.1 Å². The molecule has 0 fully saturated rings. The summed E-state index contributed by atoms with van der Waals surface area (Å²) >= 11 is 9.15. The Balaban J connectivity index is 2.42. The van der Waals surface area contributed by atoms with Crippen molar-refractivity contribution in [3.8, 4) is 11.3 Å². The Kier molecular flexibility index (Phi) is 3.66. The van der Waals surface area contributed by atoms with Crippen molar-refractivity contribution in [1.82, 2.24) is 5.16 Å². The molecule has 0 aliphatic carbocycles. The highest BCUT2D eigenvalue weighted by Gasteiger charge is 2.14. The van der Waals surface area contributed by atoms with Gasteiger partial charge in [-0.25, -0.2) is 0 Å². The predicted molar refractivity (Wildman–Crippen MR) is 68.6 cm³/mol. The van der Waals surface area contributed by atoms with Crippen molar-refractivity contribution in [3.63, 3.8) is 0 Å². The molecule has 1 aromatic carbocycles. The summed E-state index contributed by atoms with van der Waals surface area (Å²) in [7, 11) is 0. The molecule has 0 aliphatic rings. The predicted octanol–water partition coefficient (Wildman–Crippen LogP) is 4.41. The first-order valence-corrected chi connectivity index (χ1v) is 6.38. The molecule has 0 radical (unpaired) electrons. The van der Waals surface area contributed by atoms with Crippen LogP contribution in [0.15, 0.2) is 33.5 Å². The average Bonchev–Trinajstić information content (AvgIpc) is 2.70. The minimum atomic E-state index is 0.384. The zero-order chi connectivity index (χ0) is 11.5. The molecule has 0 saturated carbocycles. The van der Waals surface area contributed by atoms with Gasteiger partial charge in [0.25, 0.3) is 0 Å². The summed E-state index contributed by atoms with van der Waals surface area (Å²) in [5.41, 5.74) is 4.04. The van der Waals surface area contributed by atoms with Crippen molar-refractivity contribution in [1.29, 1.82) is 0 Å². The number of aryl methyl sites for hydroxylation is 1. The lowest BCUT2D eigenvalue weighted by atomic mass is 10.1. The molecule has 0 saturated heterocycles. The molecule has 4 heteroatoms. The summed E-state index contributed by atoms with van der Waals surface area (Å²) in [6, 6.07) is 8.27. The van der Waals surface area contributed by atoms with Gasteiger partial charge in [0.05, 0.1) is 5.88 Å². The maximum absolute atomic E-state index is 5.86. The first-order valence-electron chi connectivity index (χ1n) is 5.05. The number of hydrogen-bond donors (Lipinski definition) is 0. The van der Waals surface area contributed by atoms with Gasteiger partial charge in [0.1, 0.15) is 5.69 Å². The lowest BCUT2D eigenvalue weighted by Crippen LogP contribution is -1.85. The number of hydrogen-bond acceptors (Lipinski definition) is 2. The van der Waals surface area contributed by atoms with E-state index in [0.717, 1.165) is 23.2 Å². The number of aromatic nitrogens is 1. The molecule has 0 atom stereocenters. The minimum Gasteiger partial charge on any atom is -0.348 e. The molecule has 0 amide bonds. The standard InChI is InChI=1S/C12H11BrClNO/c1-2-8-3-5-9(6-4-8)11-10(7-14)12(13)16-15-11/h3-6H,2,7H2,1H3. The molecular formula is C12H11BrClNO. The third-order valence-electron chi connectivity index (χ3n) is 2.51. The normalized spacial score (nSPS) is 10.7. The van der Waals surface area contributed by atoms with E-state index in [1.807, 2.05) is 12.1 Å². The lowest BCUT2D eigenvalue weighted by Gasteiger charge is -2.00. The fourth-order valence-corrected chi connectivity index (χ4v) is 2.34. The minimum absolute atomic E-state index is 0.384. The van der Waals surface area contributed by atoms with Crippen LogP contribution in [0.25, 0.3) is 11.3 Å². The molecule has 0 spiro atoms. The van der Waals surface area contributed by atoms with Gasteiger partial charge in [-0.3, -0.25) is 0 Å². The van der Waals surface area contributed by atoms with Crippen LogP contribution in [0.2, 0.25) is 0 Å². The van der Waals surface area contributed by atoms with Crippen LogP contribution < -0.4 is 0 Å². The van der Waals surface area contributed by atoms with E-state index in [2.05, 4.69) is 40.1 Å². The van der Waals surface area contributed by atoms with Crippen molar-refractivity contribution in [3.05, 3.63) is 40.1 Å². The Bertz CT molecular complexity index is 478. The van der Waals surface area contributed by atoms with Gasteiger partial charge in [-0.1, -0.05) is 36.3 Å². The SMILES string of the molecule is CCc1ccc(-c2noc(Br)c2CCl)cc1. The summed E-state index contributed by atoms with van der Waals surface area (Å²) in [6.45, 7) is 2.13. The average molecular weight is 301 g/mol. The first kappa shape index (κ1) is 11.7. The van der Waals surface area contributed by atoms with Crippen LogP contribution in [0.4, 0.5) is 0 Å². The van der Waals surface area contributed by atoms with E-state index in [1.54, 1.807) is 0 Å². The third kappa shape index (κ3) is 2.15. The Morgan fingerprint density at radius 3 is 2.56 bits per heavy atom. The summed E-state index contributed by atoms with van der Waals surface area (Å²) < 4.78 is 5.69. The molecule has 1 aromatic heterocycles. The van der Waals surface area contributed by atoms with E-state index in [4.69, 9.17) is 16.1 Å². The number of benzene rings is 1. The molecule has 16 heavy (non-hydrogen) atoms. The van der Waals surface area contributed by atoms with E-state index in [0.29, 0.717) is 10.5 Å². The van der Waals surface area contributed by atoms with Crippen LogP contribution in [-0.2, 0) is 12.3 Å². The molecule has 0 unspecified atom stereocenters. The van der Waals surface area contributed by atoms with Crippen LogP contribution in [-0.4, -0.2) is 5.16 Å². The topological polar surface area (TPSA) is 26.0 Å². The van der Waals surface area contributed by atoms with Crippen molar-refractivity contribution in [2.75, 3.05) is 0 Å². The van der Waals surface area contributed by atoms with Crippen molar-refractivity contribution < 1.29 is 4.52 Å². The molecule has 0 bridgehead atoms. The van der Waals surface area contributed by atoms with Gasteiger partial charge in [-0.15, -0.1) is 11.6 Å². The van der Waals surface area contributed by atoms with Crippen molar-refractivity contribution in [2.45, 2.75) is 19.2 Å². The van der Waals surface area contributed by atoms with Gasteiger partial charge >= 0.3 is 0 Å². The van der Waals surface area contributed by atoms with E-state index in [9.17, 15) is 0 Å². The van der Waals surface area contributed by atoms with Crippen molar-refractivity contribution >= 4 is 27.5 Å². The van der Waals surface area contributed by atoms with Gasteiger partial charge in [-0.05, 0) is 27.9 Å². The van der Waals surface area contributed by atoms with Crippen LogP contribution in [0, 0.1) is 0 Å². The summed E-state index contributed by atoms with van der Waals surface area (Å²) in [4.78, 5) is 0. The zero-order valence-electron chi connectivity index (χ0n) is 8.84. The summed E-state index contributed by atoms with van der Waals surface area (Å²) in [5, 5.41) is 4.01.